The highest BCUT2D eigenvalue weighted by Crippen LogP contribution is 2.36. The zero-order valence-corrected chi connectivity index (χ0v) is 9.40. The van der Waals surface area contributed by atoms with E-state index < -0.39 is 5.82 Å². The number of methoxy groups -OCH3 is 2. The monoisotopic (exact) mass is 233 g/mol. The second kappa shape index (κ2) is 5.19. The minimum Gasteiger partial charge on any atom is -0.496 e. The summed E-state index contributed by atoms with van der Waals surface area (Å²) in [4.78, 5) is 0. The number of hydrogen-bond donors (Lipinski definition) is 1. The van der Waals surface area contributed by atoms with Crippen LogP contribution >= 0.6 is 11.6 Å². The molecule has 0 heterocycles. The highest BCUT2D eigenvalue weighted by atomic mass is 35.5. The number of nitrogens with two attached hydrogens (primary N) is 1. The van der Waals surface area contributed by atoms with Crippen molar-refractivity contribution in [2.45, 2.75) is 6.42 Å². The van der Waals surface area contributed by atoms with E-state index in [0.29, 0.717) is 24.3 Å². The summed E-state index contributed by atoms with van der Waals surface area (Å²) in [6, 6.07) is 1.55. The van der Waals surface area contributed by atoms with Gasteiger partial charge in [0.2, 0.25) is 0 Å². The molecule has 0 aliphatic rings. The molecule has 0 amide bonds. The van der Waals surface area contributed by atoms with E-state index in [2.05, 4.69) is 0 Å². The fourth-order valence-electron chi connectivity index (χ4n) is 1.33. The third-order valence-corrected chi connectivity index (χ3v) is 2.42. The van der Waals surface area contributed by atoms with Crippen LogP contribution in [0, 0.1) is 5.82 Å². The summed E-state index contributed by atoms with van der Waals surface area (Å²) in [5, 5.41) is -0.0400. The van der Waals surface area contributed by atoms with Crippen molar-refractivity contribution in [1.29, 1.82) is 0 Å². The van der Waals surface area contributed by atoms with Gasteiger partial charge in [0.05, 0.1) is 14.2 Å². The van der Waals surface area contributed by atoms with E-state index in [4.69, 9.17) is 26.8 Å². The quantitative estimate of drug-likeness (QED) is 0.865. The molecule has 0 radical (unpaired) electrons. The summed E-state index contributed by atoms with van der Waals surface area (Å²) >= 11 is 5.77. The first-order chi connectivity index (χ1) is 7.15. The Labute approximate surface area is 92.9 Å². The largest absolute Gasteiger partial charge is 0.496 e. The second-order valence-electron chi connectivity index (χ2n) is 2.93. The molecule has 84 valence electrons. The molecule has 0 spiro atoms. The molecule has 0 aliphatic carbocycles. The molecule has 0 fully saturated rings. The van der Waals surface area contributed by atoms with E-state index in [1.807, 2.05) is 0 Å². The molecule has 0 aliphatic heterocycles. The minimum atomic E-state index is -0.529. The van der Waals surface area contributed by atoms with Crippen LogP contribution in [0.1, 0.15) is 5.56 Å². The van der Waals surface area contributed by atoms with Crippen molar-refractivity contribution in [3.05, 3.63) is 22.5 Å². The van der Waals surface area contributed by atoms with Gasteiger partial charge in [-0.2, -0.15) is 0 Å². The fourth-order valence-corrected chi connectivity index (χ4v) is 1.57. The first-order valence-electron chi connectivity index (χ1n) is 4.44. The van der Waals surface area contributed by atoms with Gasteiger partial charge in [0.15, 0.2) is 5.82 Å². The normalized spacial score (nSPS) is 10.2. The van der Waals surface area contributed by atoms with Crippen LogP contribution in [-0.2, 0) is 6.42 Å². The Balaban J connectivity index is 3.30. The van der Waals surface area contributed by atoms with E-state index in [1.54, 1.807) is 6.07 Å². The lowest BCUT2D eigenvalue weighted by atomic mass is 10.1. The molecule has 0 atom stereocenters. The Morgan fingerprint density at radius 2 is 1.93 bits per heavy atom. The van der Waals surface area contributed by atoms with Crippen LogP contribution in [0.15, 0.2) is 6.07 Å². The SMILES string of the molecule is COc1cc(OC)c(CCN)c(F)c1Cl. The van der Waals surface area contributed by atoms with Crippen molar-refractivity contribution in [3.8, 4) is 11.5 Å². The summed E-state index contributed by atoms with van der Waals surface area (Å²) in [6.45, 7) is 0.329. The smallest absolute Gasteiger partial charge is 0.152 e. The predicted octanol–water partition coefficient (Wildman–Crippen LogP) is 2.00. The highest BCUT2D eigenvalue weighted by molar-refractivity contribution is 6.32. The minimum absolute atomic E-state index is 0.0400. The molecule has 1 aromatic rings. The van der Waals surface area contributed by atoms with Gasteiger partial charge in [-0.15, -0.1) is 0 Å². The van der Waals surface area contributed by atoms with Crippen molar-refractivity contribution < 1.29 is 13.9 Å². The van der Waals surface area contributed by atoms with Gasteiger partial charge in [-0.3, -0.25) is 0 Å². The Morgan fingerprint density at radius 1 is 1.33 bits per heavy atom. The highest BCUT2D eigenvalue weighted by Gasteiger charge is 2.17. The predicted molar refractivity (Wildman–Crippen MR) is 57.3 cm³/mol. The molecule has 1 rings (SSSR count). The molecule has 2 N–H and O–H groups in total. The van der Waals surface area contributed by atoms with Crippen LogP contribution in [0.4, 0.5) is 4.39 Å². The van der Waals surface area contributed by atoms with Crippen molar-refractivity contribution >= 4 is 11.6 Å². The van der Waals surface area contributed by atoms with Gasteiger partial charge >= 0.3 is 0 Å². The maximum atomic E-state index is 13.7. The fraction of sp³-hybridized carbons (Fsp3) is 0.400. The molecule has 0 aromatic heterocycles. The van der Waals surface area contributed by atoms with E-state index in [9.17, 15) is 4.39 Å². The lowest BCUT2D eigenvalue weighted by molar-refractivity contribution is 0.384. The standard InChI is InChI=1S/C10H13ClFNO2/c1-14-7-5-8(15-2)9(11)10(12)6(7)3-4-13/h5H,3-4,13H2,1-2H3. The third-order valence-electron chi connectivity index (χ3n) is 2.07. The first kappa shape index (κ1) is 12.1. The van der Waals surface area contributed by atoms with Crippen LogP contribution in [-0.4, -0.2) is 20.8 Å². The molecule has 0 unspecified atom stereocenters. The van der Waals surface area contributed by atoms with Crippen LogP contribution in [0.5, 0.6) is 11.5 Å². The Kier molecular flexibility index (Phi) is 4.17. The molecule has 5 heteroatoms. The molecular weight excluding hydrogens is 221 g/mol. The molecular formula is C10H13ClFNO2. The van der Waals surface area contributed by atoms with E-state index >= 15 is 0 Å². The average molecular weight is 234 g/mol. The van der Waals surface area contributed by atoms with Crippen LogP contribution in [0.2, 0.25) is 5.02 Å². The lowest BCUT2D eigenvalue weighted by Gasteiger charge is -2.12. The summed E-state index contributed by atoms with van der Waals surface area (Å²) in [6.07, 6.45) is 0.374. The number of benzene rings is 1. The Bertz CT molecular complexity index is 358. The third kappa shape index (κ3) is 2.33. The van der Waals surface area contributed by atoms with Gasteiger partial charge in [0.1, 0.15) is 16.5 Å². The Morgan fingerprint density at radius 3 is 2.40 bits per heavy atom. The van der Waals surface area contributed by atoms with Crippen molar-refractivity contribution in [1.82, 2.24) is 0 Å². The number of hydrogen-bond acceptors (Lipinski definition) is 3. The molecule has 0 saturated heterocycles. The Hall–Kier alpha value is -1.00. The first-order valence-corrected chi connectivity index (χ1v) is 4.82. The zero-order chi connectivity index (χ0) is 11.4. The summed E-state index contributed by atoms with van der Waals surface area (Å²) in [5.74, 6) is 0.129. The molecule has 0 bridgehead atoms. The van der Waals surface area contributed by atoms with Gasteiger partial charge in [0, 0.05) is 11.6 Å². The topological polar surface area (TPSA) is 44.5 Å². The van der Waals surface area contributed by atoms with Crippen LogP contribution < -0.4 is 15.2 Å². The number of rotatable bonds is 4. The van der Waals surface area contributed by atoms with Crippen molar-refractivity contribution in [2.75, 3.05) is 20.8 Å². The average Bonchev–Trinajstić information content (AvgIpc) is 2.25. The number of ether oxygens (including phenoxy) is 2. The van der Waals surface area contributed by atoms with Gasteiger partial charge in [-0.05, 0) is 13.0 Å². The molecule has 0 saturated carbocycles. The van der Waals surface area contributed by atoms with Gasteiger partial charge < -0.3 is 15.2 Å². The molecule has 15 heavy (non-hydrogen) atoms. The molecule has 1 aromatic carbocycles. The van der Waals surface area contributed by atoms with Crippen LogP contribution in [0.3, 0.4) is 0 Å². The van der Waals surface area contributed by atoms with E-state index in [-0.39, 0.29) is 10.8 Å². The lowest BCUT2D eigenvalue weighted by Crippen LogP contribution is -2.07. The summed E-state index contributed by atoms with van der Waals surface area (Å²) in [5.41, 5.74) is 5.76. The van der Waals surface area contributed by atoms with Gasteiger partial charge in [-0.1, -0.05) is 11.6 Å². The number of halogens is 2. The maximum Gasteiger partial charge on any atom is 0.152 e. The van der Waals surface area contributed by atoms with Crippen molar-refractivity contribution in [3.63, 3.8) is 0 Å². The van der Waals surface area contributed by atoms with Gasteiger partial charge in [0.25, 0.3) is 0 Å². The molecule has 3 nitrogen and oxygen atoms in total. The zero-order valence-electron chi connectivity index (χ0n) is 8.64. The second-order valence-corrected chi connectivity index (χ2v) is 3.30. The van der Waals surface area contributed by atoms with E-state index in [0.717, 1.165) is 0 Å². The van der Waals surface area contributed by atoms with Crippen molar-refractivity contribution in [2.24, 2.45) is 5.73 Å². The maximum absolute atomic E-state index is 13.7. The van der Waals surface area contributed by atoms with Gasteiger partial charge in [-0.25, -0.2) is 4.39 Å². The van der Waals surface area contributed by atoms with E-state index in [1.165, 1.54) is 14.2 Å². The summed E-state index contributed by atoms with van der Waals surface area (Å²) in [7, 11) is 2.88. The summed E-state index contributed by atoms with van der Waals surface area (Å²) < 4.78 is 23.7. The van der Waals surface area contributed by atoms with Crippen LogP contribution in [0.25, 0.3) is 0 Å².